The predicted octanol–water partition coefficient (Wildman–Crippen LogP) is 2.50. The third kappa shape index (κ3) is 3.51. The highest BCUT2D eigenvalue weighted by atomic mass is 16.5. The third-order valence-electron chi connectivity index (χ3n) is 3.93. The molecule has 0 bridgehead atoms. The molecule has 2 aromatic rings. The largest absolute Gasteiger partial charge is 0.492 e. The lowest BCUT2D eigenvalue weighted by Gasteiger charge is -2.15. The van der Waals surface area contributed by atoms with Crippen LogP contribution in [0.2, 0.25) is 0 Å². The number of carbonyl (C=O) groups excluding carboxylic acids is 3. The second-order valence-corrected chi connectivity index (χ2v) is 5.62. The van der Waals surface area contributed by atoms with E-state index in [1.54, 1.807) is 42.5 Å². The summed E-state index contributed by atoms with van der Waals surface area (Å²) in [6.45, 7) is 2.60. The van der Waals surface area contributed by atoms with Gasteiger partial charge >= 0.3 is 6.03 Å². The van der Waals surface area contributed by atoms with E-state index in [2.05, 4.69) is 10.6 Å². The zero-order valence-electron chi connectivity index (χ0n) is 14.3. The number of hydrogen-bond acceptors (Lipinski definition) is 4. The first kappa shape index (κ1) is 17.5. The van der Waals surface area contributed by atoms with Crippen molar-refractivity contribution in [3.8, 4) is 5.75 Å². The van der Waals surface area contributed by atoms with E-state index in [1.807, 2.05) is 13.0 Å². The molecule has 0 saturated heterocycles. The van der Waals surface area contributed by atoms with Crippen LogP contribution in [0.5, 0.6) is 5.75 Å². The molecule has 26 heavy (non-hydrogen) atoms. The van der Waals surface area contributed by atoms with Crippen LogP contribution in [0.3, 0.4) is 0 Å². The maximum atomic E-state index is 12.3. The molecule has 0 unspecified atom stereocenters. The summed E-state index contributed by atoms with van der Waals surface area (Å²) < 4.78 is 5.45. The maximum absolute atomic E-state index is 12.3. The highest BCUT2D eigenvalue weighted by Gasteiger charge is 2.34. The van der Waals surface area contributed by atoms with Gasteiger partial charge < -0.3 is 15.4 Å². The summed E-state index contributed by atoms with van der Waals surface area (Å²) >= 11 is 0. The van der Waals surface area contributed by atoms with Crippen LogP contribution in [0.15, 0.2) is 48.5 Å². The molecule has 134 valence electrons. The smallest absolute Gasteiger partial charge is 0.319 e. The lowest BCUT2D eigenvalue weighted by atomic mass is 10.1. The van der Waals surface area contributed by atoms with Gasteiger partial charge in [0.15, 0.2) is 0 Å². The summed E-state index contributed by atoms with van der Waals surface area (Å²) in [6, 6.07) is 13.3. The molecule has 0 spiro atoms. The Morgan fingerprint density at radius 1 is 1.00 bits per heavy atom. The third-order valence-corrected chi connectivity index (χ3v) is 3.93. The minimum atomic E-state index is -0.436. The van der Waals surface area contributed by atoms with Crippen LogP contribution < -0.4 is 15.4 Å². The average Bonchev–Trinajstić information content (AvgIpc) is 2.89. The van der Waals surface area contributed by atoms with Crippen LogP contribution >= 0.6 is 0 Å². The first-order chi connectivity index (χ1) is 12.6. The van der Waals surface area contributed by atoms with Crippen molar-refractivity contribution < 1.29 is 19.1 Å². The number of rotatable bonds is 6. The van der Waals surface area contributed by atoms with Crippen LogP contribution in [0, 0.1) is 0 Å². The fourth-order valence-corrected chi connectivity index (χ4v) is 2.74. The first-order valence-electron chi connectivity index (χ1n) is 8.33. The number of fused-ring (bicyclic) bond motifs is 1. The van der Waals surface area contributed by atoms with Gasteiger partial charge in [0, 0.05) is 13.1 Å². The molecule has 2 N–H and O–H groups in total. The zero-order valence-corrected chi connectivity index (χ0v) is 14.3. The Bertz CT molecular complexity index is 815. The van der Waals surface area contributed by atoms with Crippen LogP contribution in [-0.2, 0) is 0 Å². The van der Waals surface area contributed by atoms with Gasteiger partial charge in [0.05, 0.1) is 23.4 Å². The molecule has 0 radical (unpaired) electrons. The summed E-state index contributed by atoms with van der Waals surface area (Å²) in [5, 5.41) is 5.34. The molecule has 1 heterocycles. The van der Waals surface area contributed by atoms with Crippen LogP contribution in [-0.4, -0.2) is 42.4 Å². The highest BCUT2D eigenvalue weighted by Crippen LogP contribution is 2.23. The molecule has 1 aliphatic rings. The SMILES string of the molecule is CCOc1ccccc1NC(=O)NCCN1C(=O)c2ccccc2C1=O. The number of benzene rings is 2. The van der Waals surface area contributed by atoms with Gasteiger partial charge in [0.1, 0.15) is 5.75 Å². The highest BCUT2D eigenvalue weighted by molar-refractivity contribution is 6.21. The number of imide groups is 1. The van der Waals surface area contributed by atoms with Crippen molar-refractivity contribution >= 4 is 23.5 Å². The van der Waals surface area contributed by atoms with Gasteiger partial charge in [0.2, 0.25) is 0 Å². The topological polar surface area (TPSA) is 87.7 Å². The summed E-state index contributed by atoms with van der Waals surface area (Å²) in [7, 11) is 0. The Kier molecular flexibility index (Phi) is 5.17. The lowest BCUT2D eigenvalue weighted by Crippen LogP contribution is -2.39. The van der Waals surface area contributed by atoms with E-state index in [0.29, 0.717) is 29.2 Å². The standard InChI is InChI=1S/C19H19N3O4/c1-2-26-16-10-6-5-9-15(16)21-19(25)20-11-12-22-17(23)13-7-3-4-8-14(13)18(22)24/h3-10H,2,11-12H2,1H3,(H2,20,21,25). The first-order valence-corrected chi connectivity index (χ1v) is 8.33. The van der Waals surface area contributed by atoms with Gasteiger partial charge in [-0.25, -0.2) is 4.79 Å². The lowest BCUT2D eigenvalue weighted by molar-refractivity contribution is 0.0656. The van der Waals surface area contributed by atoms with E-state index in [-0.39, 0.29) is 24.9 Å². The van der Waals surface area contributed by atoms with Crippen LogP contribution in [0.25, 0.3) is 0 Å². The summed E-state index contributed by atoms with van der Waals surface area (Å²) in [4.78, 5) is 37.7. The van der Waals surface area contributed by atoms with Gasteiger partial charge in [-0.1, -0.05) is 24.3 Å². The number of para-hydroxylation sites is 2. The van der Waals surface area contributed by atoms with E-state index < -0.39 is 6.03 Å². The molecule has 2 aromatic carbocycles. The molecule has 0 aromatic heterocycles. The normalized spacial score (nSPS) is 12.7. The van der Waals surface area contributed by atoms with Crippen molar-refractivity contribution in [3.05, 3.63) is 59.7 Å². The summed E-state index contributed by atoms with van der Waals surface area (Å²) in [5.41, 5.74) is 1.34. The Labute approximate surface area is 150 Å². The molecule has 7 nitrogen and oxygen atoms in total. The molecule has 0 fully saturated rings. The molecular weight excluding hydrogens is 334 g/mol. The van der Waals surface area contributed by atoms with Gasteiger partial charge in [-0.15, -0.1) is 0 Å². The monoisotopic (exact) mass is 353 g/mol. The van der Waals surface area contributed by atoms with Crippen molar-refractivity contribution in [3.63, 3.8) is 0 Å². The average molecular weight is 353 g/mol. The number of urea groups is 1. The molecule has 0 atom stereocenters. The van der Waals surface area contributed by atoms with Gasteiger partial charge in [-0.05, 0) is 31.2 Å². The quantitative estimate of drug-likeness (QED) is 0.781. The van der Waals surface area contributed by atoms with Crippen molar-refractivity contribution in [2.75, 3.05) is 25.0 Å². The van der Waals surface area contributed by atoms with Gasteiger partial charge in [0.25, 0.3) is 11.8 Å². The zero-order chi connectivity index (χ0) is 18.5. The van der Waals surface area contributed by atoms with E-state index >= 15 is 0 Å². The minimum Gasteiger partial charge on any atom is -0.492 e. The number of amides is 4. The molecule has 3 rings (SSSR count). The molecule has 7 heteroatoms. The summed E-state index contributed by atoms with van der Waals surface area (Å²) in [5.74, 6) is -0.102. The van der Waals surface area contributed by atoms with E-state index in [9.17, 15) is 14.4 Å². The van der Waals surface area contributed by atoms with E-state index in [0.717, 1.165) is 4.90 Å². The van der Waals surface area contributed by atoms with E-state index in [4.69, 9.17) is 4.74 Å². The van der Waals surface area contributed by atoms with Gasteiger partial charge in [-0.2, -0.15) is 0 Å². The fraction of sp³-hybridized carbons (Fsp3) is 0.211. The van der Waals surface area contributed by atoms with Crippen molar-refractivity contribution in [1.29, 1.82) is 0 Å². The van der Waals surface area contributed by atoms with Crippen LogP contribution in [0.1, 0.15) is 27.6 Å². The predicted molar refractivity (Wildman–Crippen MR) is 96.4 cm³/mol. The second kappa shape index (κ2) is 7.69. The number of anilines is 1. The maximum Gasteiger partial charge on any atom is 0.319 e. The Balaban J connectivity index is 1.54. The molecule has 4 amide bonds. The molecule has 1 aliphatic heterocycles. The fourth-order valence-electron chi connectivity index (χ4n) is 2.74. The molecule has 0 saturated carbocycles. The molecule has 0 aliphatic carbocycles. The Morgan fingerprint density at radius 3 is 2.27 bits per heavy atom. The van der Waals surface area contributed by atoms with E-state index in [1.165, 1.54) is 0 Å². The summed E-state index contributed by atoms with van der Waals surface area (Å²) in [6.07, 6.45) is 0. The number of hydrogen-bond donors (Lipinski definition) is 2. The number of nitrogens with one attached hydrogen (secondary N) is 2. The second-order valence-electron chi connectivity index (χ2n) is 5.62. The number of ether oxygens (including phenoxy) is 1. The van der Waals surface area contributed by atoms with Crippen LogP contribution in [0.4, 0.5) is 10.5 Å². The van der Waals surface area contributed by atoms with Gasteiger partial charge in [-0.3, -0.25) is 14.5 Å². The van der Waals surface area contributed by atoms with Crippen molar-refractivity contribution in [2.45, 2.75) is 6.92 Å². The Morgan fingerprint density at radius 2 is 1.62 bits per heavy atom. The number of carbonyl (C=O) groups is 3. The number of nitrogens with zero attached hydrogens (tertiary/aromatic N) is 1. The Hall–Kier alpha value is -3.35. The van der Waals surface area contributed by atoms with Crippen molar-refractivity contribution in [1.82, 2.24) is 10.2 Å². The molecular formula is C19H19N3O4. The van der Waals surface area contributed by atoms with Crippen molar-refractivity contribution in [2.24, 2.45) is 0 Å². The minimum absolute atomic E-state index is 0.104.